The molecule has 2 rings (SSSR count). The van der Waals surface area contributed by atoms with Crippen LogP contribution in [0.2, 0.25) is 0 Å². The lowest BCUT2D eigenvalue weighted by Crippen LogP contribution is -2.53. The van der Waals surface area contributed by atoms with Crippen molar-refractivity contribution >= 4 is 11.9 Å². The fraction of sp³-hybridized carbons (Fsp3) is 0.538. The Morgan fingerprint density at radius 2 is 2.37 bits per heavy atom. The molecule has 0 spiro atoms. The third-order valence-electron chi connectivity index (χ3n) is 3.09. The molecule has 2 heterocycles. The van der Waals surface area contributed by atoms with Gasteiger partial charge in [-0.1, -0.05) is 0 Å². The molecule has 0 saturated carbocycles. The maximum Gasteiger partial charge on any atom is 0.331 e. The lowest BCUT2D eigenvalue weighted by atomic mass is 10.1. The second-order valence-corrected chi connectivity index (χ2v) is 4.28. The molecule has 19 heavy (non-hydrogen) atoms. The van der Waals surface area contributed by atoms with E-state index in [2.05, 4.69) is 4.74 Å². The van der Waals surface area contributed by atoms with Gasteiger partial charge in [0.15, 0.2) is 6.04 Å². The Bertz CT molecular complexity index is 428. The van der Waals surface area contributed by atoms with E-state index in [1.54, 1.807) is 12.3 Å². The Labute approximate surface area is 111 Å². The van der Waals surface area contributed by atoms with Gasteiger partial charge in [-0.3, -0.25) is 4.79 Å². The van der Waals surface area contributed by atoms with Crippen LogP contribution in [0.25, 0.3) is 0 Å². The molecule has 0 aliphatic carbocycles. The number of hydrogen-bond donors (Lipinski definition) is 0. The zero-order chi connectivity index (χ0) is 13.7. The van der Waals surface area contributed by atoms with Crippen molar-refractivity contribution in [3.8, 4) is 0 Å². The van der Waals surface area contributed by atoms with E-state index < -0.39 is 12.0 Å². The Hall–Kier alpha value is -1.82. The molecule has 1 aromatic heterocycles. The van der Waals surface area contributed by atoms with Crippen molar-refractivity contribution in [2.45, 2.75) is 18.9 Å². The van der Waals surface area contributed by atoms with Gasteiger partial charge in [0, 0.05) is 19.4 Å². The molecule has 0 N–H and O–H groups in total. The number of nitrogens with zero attached hydrogens (tertiary/aromatic N) is 1. The minimum atomic E-state index is -0.636. The maximum atomic E-state index is 12.1. The summed E-state index contributed by atoms with van der Waals surface area (Å²) < 4.78 is 15.1. The molecular formula is C13H17NO5. The van der Waals surface area contributed by atoms with Gasteiger partial charge in [0.1, 0.15) is 5.76 Å². The van der Waals surface area contributed by atoms with E-state index in [1.165, 1.54) is 12.0 Å². The predicted molar refractivity (Wildman–Crippen MR) is 65.4 cm³/mol. The molecule has 0 radical (unpaired) electrons. The fourth-order valence-corrected chi connectivity index (χ4v) is 2.06. The van der Waals surface area contributed by atoms with Crippen LogP contribution >= 0.6 is 0 Å². The smallest absolute Gasteiger partial charge is 0.331 e. The molecule has 0 bridgehead atoms. The van der Waals surface area contributed by atoms with Gasteiger partial charge in [-0.15, -0.1) is 0 Å². The number of carbonyl (C=O) groups excluding carboxylic acids is 2. The van der Waals surface area contributed by atoms with Crippen molar-refractivity contribution < 1.29 is 23.5 Å². The van der Waals surface area contributed by atoms with E-state index >= 15 is 0 Å². The zero-order valence-corrected chi connectivity index (χ0v) is 10.8. The van der Waals surface area contributed by atoms with E-state index in [4.69, 9.17) is 9.15 Å². The lowest BCUT2D eigenvalue weighted by Gasteiger charge is -2.33. The van der Waals surface area contributed by atoms with Crippen molar-refractivity contribution in [3.63, 3.8) is 0 Å². The zero-order valence-electron chi connectivity index (χ0n) is 10.8. The van der Waals surface area contributed by atoms with Crippen LogP contribution in [0.4, 0.5) is 0 Å². The summed E-state index contributed by atoms with van der Waals surface area (Å²) in [6, 6.07) is 2.97. The Morgan fingerprint density at radius 1 is 1.53 bits per heavy atom. The Kier molecular flexibility index (Phi) is 4.57. The highest BCUT2D eigenvalue weighted by Gasteiger charge is 2.33. The second kappa shape index (κ2) is 6.38. The highest BCUT2D eigenvalue weighted by Crippen LogP contribution is 2.12. The van der Waals surface area contributed by atoms with Crippen molar-refractivity contribution in [1.29, 1.82) is 0 Å². The van der Waals surface area contributed by atoms with Crippen molar-refractivity contribution in [2.75, 3.05) is 26.9 Å². The molecule has 0 aromatic carbocycles. The predicted octanol–water partition coefficient (Wildman–Crippen LogP) is 0.613. The molecule has 1 aliphatic rings. The number of morpholine rings is 1. The number of furan rings is 1. The van der Waals surface area contributed by atoms with Gasteiger partial charge in [0.25, 0.3) is 0 Å². The molecule has 104 valence electrons. The summed E-state index contributed by atoms with van der Waals surface area (Å²) >= 11 is 0. The van der Waals surface area contributed by atoms with Gasteiger partial charge in [-0.05, 0) is 12.1 Å². The van der Waals surface area contributed by atoms with E-state index in [9.17, 15) is 9.59 Å². The molecule has 6 nitrogen and oxygen atoms in total. The molecular weight excluding hydrogens is 250 g/mol. The molecule has 1 saturated heterocycles. The van der Waals surface area contributed by atoms with Crippen LogP contribution in [0.15, 0.2) is 22.8 Å². The van der Waals surface area contributed by atoms with Crippen LogP contribution in [0.1, 0.15) is 12.2 Å². The molecule has 1 amide bonds. The number of esters is 1. The summed E-state index contributed by atoms with van der Waals surface area (Å²) in [7, 11) is 1.31. The van der Waals surface area contributed by atoms with Crippen LogP contribution in [0.3, 0.4) is 0 Å². The topological polar surface area (TPSA) is 69.0 Å². The summed E-state index contributed by atoms with van der Waals surface area (Å²) in [5.41, 5.74) is 0. The van der Waals surface area contributed by atoms with Crippen molar-refractivity contribution in [1.82, 2.24) is 4.90 Å². The first-order valence-corrected chi connectivity index (χ1v) is 6.20. The van der Waals surface area contributed by atoms with E-state index in [-0.39, 0.29) is 12.5 Å². The third-order valence-corrected chi connectivity index (χ3v) is 3.09. The monoisotopic (exact) mass is 267 g/mol. The first kappa shape index (κ1) is 13.6. The van der Waals surface area contributed by atoms with Gasteiger partial charge in [0.2, 0.25) is 5.91 Å². The Morgan fingerprint density at radius 3 is 3.05 bits per heavy atom. The molecule has 1 unspecified atom stereocenters. The number of carbonyl (C=O) groups is 2. The number of aryl methyl sites for hydroxylation is 1. The van der Waals surface area contributed by atoms with E-state index in [0.717, 1.165) is 5.76 Å². The van der Waals surface area contributed by atoms with Gasteiger partial charge >= 0.3 is 5.97 Å². The number of methoxy groups -OCH3 is 1. The first-order chi connectivity index (χ1) is 9.22. The standard InChI is InChI=1S/C13H17NO5/c1-17-13(16)11-9-18-8-6-14(11)12(15)5-4-10-3-2-7-19-10/h2-3,7,11H,4-6,8-9H2,1H3. The first-order valence-electron chi connectivity index (χ1n) is 6.20. The third kappa shape index (κ3) is 3.35. The van der Waals surface area contributed by atoms with Crippen molar-refractivity contribution in [2.24, 2.45) is 0 Å². The molecule has 6 heteroatoms. The fourth-order valence-electron chi connectivity index (χ4n) is 2.06. The SMILES string of the molecule is COC(=O)C1COCCN1C(=O)CCc1ccco1. The normalized spacial score (nSPS) is 19.2. The lowest BCUT2D eigenvalue weighted by molar-refractivity contribution is -0.160. The van der Waals surface area contributed by atoms with E-state index in [1.807, 2.05) is 6.07 Å². The Balaban J connectivity index is 1.93. The summed E-state index contributed by atoms with van der Waals surface area (Å²) in [5, 5.41) is 0. The second-order valence-electron chi connectivity index (χ2n) is 4.28. The minimum Gasteiger partial charge on any atom is -0.469 e. The molecule has 1 fully saturated rings. The molecule has 1 aromatic rings. The summed E-state index contributed by atoms with van der Waals surface area (Å²) in [5.74, 6) is 0.234. The van der Waals surface area contributed by atoms with Gasteiger partial charge in [-0.25, -0.2) is 4.79 Å². The highest BCUT2D eigenvalue weighted by molar-refractivity contribution is 5.84. The largest absolute Gasteiger partial charge is 0.469 e. The molecule has 1 aliphatic heterocycles. The average Bonchev–Trinajstić information content (AvgIpc) is 2.97. The number of amides is 1. The van der Waals surface area contributed by atoms with Crippen molar-refractivity contribution in [3.05, 3.63) is 24.2 Å². The number of ether oxygens (including phenoxy) is 2. The van der Waals surface area contributed by atoms with Gasteiger partial charge in [-0.2, -0.15) is 0 Å². The van der Waals surface area contributed by atoms with Gasteiger partial charge in [0.05, 0.1) is 26.6 Å². The number of hydrogen-bond acceptors (Lipinski definition) is 5. The van der Waals surface area contributed by atoms with E-state index in [0.29, 0.717) is 26.0 Å². The van der Waals surface area contributed by atoms with Crippen LogP contribution in [0.5, 0.6) is 0 Å². The van der Waals surface area contributed by atoms with Crippen LogP contribution < -0.4 is 0 Å². The minimum absolute atomic E-state index is 0.0879. The van der Waals surface area contributed by atoms with Crippen LogP contribution in [-0.4, -0.2) is 49.7 Å². The highest BCUT2D eigenvalue weighted by atomic mass is 16.5. The quantitative estimate of drug-likeness (QED) is 0.748. The summed E-state index contributed by atoms with van der Waals surface area (Å²) in [6.07, 6.45) is 2.41. The maximum absolute atomic E-state index is 12.1. The summed E-state index contributed by atoms with van der Waals surface area (Å²) in [6.45, 7) is 1.05. The summed E-state index contributed by atoms with van der Waals surface area (Å²) in [4.78, 5) is 25.3. The number of rotatable bonds is 4. The van der Waals surface area contributed by atoms with Gasteiger partial charge < -0.3 is 18.8 Å². The molecule has 1 atom stereocenters. The van der Waals surface area contributed by atoms with Crippen LogP contribution in [0, 0.1) is 0 Å². The van der Waals surface area contributed by atoms with Crippen LogP contribution in [-0.2, 0) is 25.5 Å². The average molecular weight is 267 g/mol.